The molecule has 0 saturated heterocycles. The minimum absolute atomic E-state index is 0.148. The number of rotatable bonds is 9. The molecule has 0 radical (unpaired) electrons. The van der Waals surface area contributed by atoms with E-state index in [2.05, 4.69) is 10.6 Å². The van der Waals surface area contributed by atoms with Crippen molar-refractivity contribution >= 4 is 17.5 Å². The Labute approximate surface area is 153 Å². The molecular weight excluding hydrogens is 332 g/mol. The molecule has 6 heteroatoms. The second-order valence-electron chi connectivity index (χ2n) is 5.59. The zero-order chi connectivity index (χ0) is 18.8. The molecule has 0 spiro atoms. The van der Waals surface area contributed by atoms with E-state index in [1.807, 2.05) is 6.92 Å². The molecule has 138 valence electrons. The number of hydrogen-bond donors (Lipinski definition) is 2. The molecule has 2 N–H and O–H groups in total. The lowest BCUT2D eigenvalue weighted by atomic mass is 10.1. The van der Waals surface area contributed by atoms with Crippen LogP contribution in [-0.2, 0) is 4.74 Å². The second-order valence-corrected chi connectivity index (χ2v) is 5.59. The minimum atomic E-state index is -0.218. The van der Waals surface area contributed by atoms with E-state index in [4.69, 9.17) is 9.47 Å². The van der Waals surface area contributed by atoms with Gasteiger partial charge in [0.1, 0.15) is 5.75 Å². The van der Waals surface area contributed by atoms with Crippen molar-refractivity contribution in [3.63, 3.8) is 0 Å². The number of carbonyl (C=O) groups is 2. The third-order valence-corrected chi connectivity index (χ3v) is 3.64. The van der Waals surface area contributed by atoms with Crippen molar-refractivity contribution < 1.29 is 19.1 Å². The zero-order valence-corrected chi connectivity index (χ0v) is 15.1. The molecule has 0 aromatic heterocycles. The van der Waals surface area contributed by atoms with Gasteiger partial charge in [0.25, 0.3) is 11.8 Å². The molecule has 0 bridgehead atoms. The first-order valence-electron chi connectivity index (χ1n) is 8.55. The second kappa shape index (κ2) is 10.2. The first kappa shape index (κ1) is 19.5. The van der Waals surface area contributed by atoms with Crippen LogP contribution < -0.4 is 15.4 Å². The lowest BCUT2D eigenvalue weighted by Gasteiger charge is -2.08. The van der Waals surface area contributed by atoms with E-state index in [-0.39, 0.29) is 11.8 Å². The molecule has 0 aliphatic heterocycles. The molecule has 2 amide bonds. The molecule has 2 aromatic carbocycles. The normalized spacial score (nSPS) is 10.2. The van der Waals surface area contributed by atoms with Gasteiger partial charge in [-0.2, -0.15) is 0 Å². The summed E-state index contributed by atoms with van der Waals surface area (Å²) in [7, 11) is 1.63. The Hall–Kier alpha value is -2.86. The van der Waals surface area contributed by atoms with E-state index in [0.717, 1.165) is 12.2 Å². The summed E-state index contributed by atoms with van der Waals surface area (Å²) < 4.78 is 10.3. The highest BCUT2D eigenvalue weighted by atomic mass is 16.5. The van der Waals surface area contributed by atoms with Crippen LogP contribution in [0.2, 0.25) is 0 Å². The summed E-state index contributed by atoms with van der Waals surface area (Å²) in [6.07, 6.45) is 0.762. The van der Waals surface area contributed by atoms with Crippen LogP contribution in [0.1, 0.15) is 34.1 Å². The van der Waals surface area contributed by atoms with Gasteiger partial charge in [-0.3, -0.25) is 9.59 Å². The zero-order valence-electron chi connectivity index (χ0n) is 15.1. The number of nitrogens with one attached hydrogen (secondary N) is 2. The van der Waals surface area contributed by atoms with E-state index >= 15 is 0 Å². The molecule has 26 heavy (non-hydrogen) atoms. The van der Waals surface area contributed by atoms with Crippen molar-refractivity contribution in [2.24, 2.45) is 0 Å². The predicted molar refractivity (Wildman–Crippen MR) is 101 cm³/mol. The van der Waals surface area contributed by atoms with Gasteiger partial charge >= 0.3 is 0 Å². The maximum atomic E-state index is 12.3. The number of benzene rings is 2. The minimum Gasteiger partial charge on any atom is -0.494 e. The third-order valence-electron chi connectivity index (χ3n) is 3.64. The summed E-state index contributed by atoms with van der Waals surface area (Å²) >= 11 is 0. The fourth-order valence-corrected chi connectivity index (χ4v) is 2.30. The summed E-state index contributed by atoms with van der Waals surface area (Å²) in [6, 6.07) is 13.7. The van der Waals surface area contributed by atoms with Gasteiger partial charge in [-0.1, -0.05) is 0 Å². The van der Waals surface area contributed by atoms with E-state index in [9.17, 15) is 9.59 Å². The van der Waals surface area contributed by atoms with Crippen molar-refractivity contribution in [1.29, 1.82) is 0 Å². The van der Waals surface area contributed by atoms with Crippen molar-refractivity contribution in [2.45, 2.75) is 13.3 Å². The van der Waals surface area contributed by atoms with Crippen LogP contribution in [0.4, 0.5) is 5.69 Å². The third kappa shape index (κ3) is 5.89. The Morgan fingerprint density at radius 1 is 0.923 bits per heavy atom. The van der Waals surface area contributed by atoms with E-state index in [0.29, 0.717) is 36.6 Å². The fourth-order valence-electron chi connectivity index (χ4n) is 2.30. The SMILES string of the molecule is CCOc1ccc(C(=O)Nc2ccc(C(=O)NCCCOC)cc2)cc1. The molecule has 6 nitrogen and oxygen atoms in total. The number of hydrogen-bond acceptors (Lipinski definition) is 4. The quantitative estimate of drug-likeness (QED) is 0.677. The molecular formula is C20H24N2O4. The Bertz CT molecular complexity index is 712. The van der Waals surface area contributed by atoms with E-state index in [1.54, 1.807) is 55.6 Å². The van der Waals surface area contributed by atoms with Gasteiger partial charge in [0, 0.05) is 37.1 Å². The number of anilines is 1. The first-order chi connectivity index (χ1) is 12.6. The van der Waals surface area contributed by atoms with E-state index < -0.39 is 0 Å². The summed E-state index contributed by atoms with van der Waals surface area (Å²) in [5, 5.41) is 5.63. The summed E-state index contributed by atoms with van der Waals surface area (Å²) in [4.78, 5) is 24.3. The van der Waals surface area contributed by atoms with Crippen LogP contribution in [-0.4, -0.2) is 38.7 Å². The highest BCUT2D eigenvalue weighted by Crippen LogP contribution is 2.15. The molecule has 0 unspecified atom stereocenters. The largest absolute Gasteiger partial charge is 0.494 e. The van der Waals surface area contributed by atoms with Crippen molar-refractivity contribution in [2.75, 3.05) is 32.2 Å². The smallest absolute Gasteiger partial charge is 0.255 e. The summed E-state index contributed by atoms with van der Waals surface area (Å²) in [5.41, 5.74) is 1.70. The summed E-state index contributed by atoms with van der Waals surface area (Å²) in [5.74, 6) is 0.361. The number of amides is 2. The van der Waals surface area contributed by atoms with Gasteiger partial charge in [-0.05, 0) is 61.9 Å². The molecule has 0 fully saturated rings. The molecule has 2 rings (SSSR count). The Morgan fingerprint density at radius 3 is 2.15 bits per heavy atom. The van der Waals surface area contributed by atoms with Gasteiger partial charge in [-0.25, -0.2) is 0 Å². The van der Waals surface area contributed by atoms with Crippen LogP contribution in [0, 0.1) is 0 Å². The van der Waals surface area contributed by atoms with Crippen LogP contribution in [0.25, 0.3) is 0 Å². The molecule has 0 saturated carbocycles. The lowest BCUT2D eigenvalue weighted by Crippen LogP contribution is -2.25. The maximum absolute atomic E-state index is 12.3. The Morgan fingerprint density at radius 2 is 1.54 bits per heavy atom. The number of methoxy groups -OCH3 is 1. The Balaban J connectivity index is 1.89. The number of ether oxygens (including phenoxy) is 2. The highest BCUT2D eigenvalue weighted by Gasteiger charge is 2.08. The van der Waals surface area contributed by atoms with Crippen molar-refractivity contribution in [3.8, 4) is 5.75 Å². The molecule has 0 aliphatic carbocycles. The van der Waals surface area contributed by atoms with Gasteiger partial charge in [0.2, 0.25) is 0 Å². The topological polar surface area (TPSA) is 76.7 Å². The van der Waals surface area contributed by atoms with Crippen LogP contribution in [0.5, 0.6) is 5.75 Å². The molecule has 2 aromatic rings. The highest BCUT2D eigenvalue weighted by molar-refractivity contribution is 6.04. The Kier molecular flexibility index (Phi) is 7.64. The standard InChI is InChI=1S/C20H24N2O4/c1-3-26-18-11-7-16(8-12-18)20(24)22-17-9-5-15(6-10-17)19(23)21-13-4-14-25-2/h5-12H,3-4,13-14H2,1-2H3,(H,21,23)(H,22,24). The number of carbonyl (C=O) groups excluding carboxylic acids is 2. The molecule has 0 heterocycles. The lowest BCUT2D eigenvalue weighted by molar-refractivity contribution is 0.0948. The predicted octanol–water partition coefficient (Wildman–Crippen LogP) is 3.10. The van der Waals surface area contributed by atoms with Crippen LogP contribution in [0.15, 0.2) is 48.5 Å². The maximum Gasteiger partial charge on any atom is 0.255 e. The van der Waals surface area contributed by atoms with Crippen molar-refractivity contribution in [1.82, 2.24) is 5.32 Å². The molecule has 0 aliphatic rings. The van der Waals surface area contributed by atoms with Crippen LogP contribution in [0.3, 0.4) is 0 Å². The van der Waals surface area contributed by atoms with Crippen LogP contribution >= 0.6 is 0 Å². The molecule has 0 atom stereocenters. The van der Waals surface area contributed by atoms with Gasteiger partial charge in [0.15, 0.2) is 0 Å². The van der Waals surface area contributed by atoms with E-state index in [1.165, 1.54) is 0 Å². The monoisotopic (exact) mass is 356 g/mol. The fraction of sp³-hybridized carbons (Fsp3) is 0.300. The van der Waals surface area contributed by atoms with Gasteiger partial charge in [-0.15, -0.1) is 0 Å². The van der Waals surface area contributed by atoms with Gasteiger partial charge in [0.05, 0.1) is 6.61 Å². The van der Waals surface area contributed by atoms with Gasteiger partial charge < -0.3 is 20.1 Å². The first-order valence-corrected chi connectivity index (χ1v) is 8.55. The average Bonchev–Trinajstić information content (AvgIpc) is 2.66. The average molecular weight is 356 g/mol. The van der Waals surface area contributed by atoms with Crippen molar-refractivity contribution in [3.05, 3.63) is 59.7 Å². The summed E-state index contributed by atoms with van der Waals surface area (Å²) in [6.45, 7) is 3.65.